The Morgan fingerprint density at radius 2 is 2.10 bits per heavy atom. The number of benzene rings is 1. The number of hydrogen-bond donors (Lipinski definition) is 2. The first-order valence-electron chi connectivity index (χ1n) is 6.47. The van der Waals surface area contributed by atoms with Crippen LogP contribution in [-0.4, -0.2) is 29.6 Å². The van der Waals surface area contributed by atoms with Crippen molar-refractivity contribution < 1.29 is 28.2 Å². The summed E-state index contributed by atoms with van der Waals surface area (Å²) in [5.41, 5.74) is -1.32. The van der Waals surface area contributed by atoms with Gasteiger partial charge in [0.25, 0.3) is 0 Å². The van der Waals surface area contributed by atoms with E-state index in [4.69, 9.17) is 9.84 Å². The zero-order valence-electron chi connectivity index (χ0n) is 11.4. The average molecular weight is 299 g/mol. The number of hydrogen-bond acceptors (Lipinski definition) is 3. The van der Waals surface area contributed by atoms with Gasteiger partial charge in [-0.05, 0) is 31.9 Å². The summed E-state index contributed by atoms with van der Waals surface area (Å²) in [6, 6.07) is 2.41. The second kappa shape index (κ2) is 5.67. The minimum Gasteiger partial charge on any atom is -0.488 e. The number of aliphatic carboxylic acids is 1. The monoisotopic (exact) mass is 299 g/mol. The minimum absolute atomic E-state index is 0.0516. The molecule has 2 rings (SSSR count). The van der Waals surface area contributed by atoms with Crippen molar-refractivity contribution >= 4 is 11.9 Å². The van der Waals surface area contributed by atoms with E-state index in [1.165, 1.54) is 0 Å². The van der Waals surface area contributed by atoms with E-state index in [-0.39, 0.29) is 12.4 Å². The van der Waals surface area contributed by atoms with Gasteiger partial charge in [-0.1, -0.05) is 0 Å². The third kappa shape index (κ3) is 3.29. The second-order valence-electron chi connectivity index (χ2n) is 5.15. The summed E-state index contributed by atoms with van der Waals surface area (Å²) < 4.78 is 31.2. The molecule has 0 bridgehead atoms. The molecule has 0 radical (unpaired) electrons. The summed E-state index contributed by atoms with van der Waals surface area (Å²) in [6.45, 7) is 1.56. The predicted octanol–water partition coefficient (Wildman–Crippen LogP) is 1.71. The number of ether oxygens (including phenoxy) is 1. The summed E-state index contributed by atoms with van der Waals surface area (Å²) in [5.74, 6) is -3.38. The molecule has 1 atom stereocenters. The van der Waals surface area contributed by atoms with Crippen molar-refractivity contribution in [2.24, 2.45) is 5.41 Å². The van der Waals surface area contributed by atoms with Gasteiger partial charge in [0.05, 0.1) is 6.04 Å². The molecule has 0 heterocycles. The highest BCUT2D eigenvalue weighted by Gasteiger charge is 2.57. The molecule has 0 saturated heterocycles. The molecule has 1 aliphatic carbocycles. The van der Waals surface area contributed by atoms with E-state index in [0.29, 0.717) is 18.9 Å². The van der Waals surface area contributed by atoms with Crippen molar-refractivity contribution in [1.82, 2.24) is 5.32 Å². The maximum absolute atomic E-state index is 13.3. The molecule has 1 aliphatic rings. The van der Waals surface area contributed by atoms with Gasteiger partial charge in [0, 0.05) is 6.07 Å². The summed E-state index contributed by atoms with van der Waals surface area (Å²) in [7, 11) is 0. The quantitative estimate of drug-likeness (QED) is 0.784. The summed E-state index contributed by atoms with van der Waals surface area (Å²) in [6.07, 6.45) is 0.628. The predicted molar refractivity (Wildman–Crippen MR) is 68.8 cm³/mol. The normalized spacial score (nSPS) is 16.9. The van der Waals surface area contributed by atoms with Crippen LogP contribution in [0.5, 0.6) is 5.75 Å². The fourth-order valence-electron chi connectivity index (χ4n) is 1.87. The third-order valence-electron chi connectivity index (χ3n) is 3.35. The van der Waals surface area contributed by atoms with Crippen molar-refractivity contribution in [3.8, 4) is 5.75 Å². The van der Waals surface area contributed by atoms with Gasteiger partial charge in [0.1, 0.15) is 17.8 Å². The van der Waals surface area contributed by atoms with Crippen LogP contribution in [0.4, 0.5) is 8.78 Å². The Bertz CT molecular complexity index is 572. The molecule has 2 N–H and O–H groups in total. The molecule has 5 nitrogen and oxygen atoms in total. The molecular formula is C14H15F2NO4. The Labute approximate surface area is 119 Å². The number of amides is 1. The fourth-order valence-corrected chi connectivity index (χ4v) is 1.87. The van der Waals surface area contributed by atoms with Crippen LogP contribution in [-0.2, 0) is 9.59 Å². The largest absolute Gasteiger partial charge is 0.488 e. The van der Waals surface area contributed by atoms with Crippen LogP contribution in [0.2, 0.25) is 0 Å². The molecule has 7 heteroatoms. The van der Waals surface area contributed by atoms with E-state index in [9.17, 15) is 18.4 Å². The van der Waals surface area contributed by atoms with E-state index in [1.807, 2.05) is 0 Å². The lowest BCUT2D eigenvalue weighted by atomic mass is 10.1. The number of carbonyl (C=O) groups is 2. The van der Waals surface area contributed by atoms with Crippen LogP contribution in [0.25, 0.3) is 0 Å². The number of halogens is 2. The summed E-state index contributed by atoms with van der Waals surface area (Å²) in [5, 5.41) is 11.5. The van der Waals surface area contributed by atoms with Crippen LogP contribution in [0.15, 0.2) is 18.2 Å². The summed E-state index contributed by atoms with van der Waals surface area (Å²) in [4.78, 5) is 22.8. The van der Waals surface area contributed by atoms with Gasteiger partial charge in [0.15, 0.2) is 11.6 Å². The molecule has 1 aromatic rings. The standard InChI is InChI=1S/C14H15F2NO4/c1-8(17-12(18)14(4-5-14)13(19)20)7-21-11-3-2-9(15)6-10(11)16/h2-3,6,8H,4-5,7H2,1H3,(H,17,18)(H,19,20). The zero-order valence-corrected chi connectivity index (χ0v) is 11.4. The molecule has 1 saturated carbocycles. The van der Waals surface area contributed by atoms with E-state index in [2.05, 4.69) is 5.32 Å². The third-order valence-corrected chi connectivity index (χ3v) is 3.35. The highest BCUT2D eigenvalue weighted by molar-refractivity contribution is 6.04. The Hall–Kier alpha value is -2.18. The Morgan fingerprint density at radius 1 is 1.43 bits per heavy atom. The SMILES string of the molecule is CC(COc1ccc(F)cc1F)NC(=O)C1(C(=O)O)CC1. The molecule has 0 aromatic heterocycles. The lowest BCUT2D eigenvalue weighted by Gasteiger charge is -2.18. The fraction of sp³-hybridized carbons (Fsp3) is 0.429. The molecule has 0 spiro atoms. The van der Waals surface area contributed by atoms with Crippen molar-refractivity contribution in [3.63, 3.8) is 0 Å². The van der Waals surface area contributed by atoms with Crippen molar-refractivity contribution in [1.29, 1.82) is 0 Å². The van der Waals surface area contributed by atoms with Crippen LogP contribution >= 0.6 is 0 Å². The number of carbonyl (C=O) groups excluding carboxylic acids is 1. The first-order valence-corrected chi connectivity index (χ1v) is 6.47. The van der Waals surface area contributed by atoms with Gasteiger partial charge in [0.2, 0.25) is 5.91 Å². The van der Waals surface area contributed by atoms with Crippen LogP contribution in [0.3, 0.4) is 0 Å². The van der Waals surface area contributed by atoms with Crippen LogP contribution in [0, 0.1) is 17.0 Å². The Morgan fingerprint density at radius 3 is 2.62 bits per heavy atom. The molecular weight excluding hydrogens is 284 g/mol. The van der Waals surface area contributed by atoms with Gasteiger partial charge < -0.3 is 15.2 Å². The molecule has 1 aromatic carbocycles. The van der Waals surface area contributed by atoms with Crippen molar-refractivity contribution in [2.75, 3.05) is 6.61 Å². The van der Waals surface area contributed by atoms with E-state index in [0.717, 1.165) is 12.1 Å². The van der Waals surface area contributed by atoms with Crippen molar-refractivity contribution in [2.45, 2.75) is 25.8 Å². The highest BCUT2D eigenvalue weighted by atomic mass is 19.1. The highest BCUT2D eigenvalue weighted by Crippen LogP contribution is 2.46. The average Bonchev–Trinajstić information content (AvgIpc) is 3.19. The second-order valence-corrected chi connectivity index (χ2v) is 5.15. The lowest BCUT2D eigenvalue weighted by molar-refractivity contribution is -0.149. The number of rotatable bonds is 6. The molecule has 1 fully saturated rings. The number of nitrogens with one attached hydrogen (secondary N) is 1. The molecule has 1 amide bonds. The Balaban J connectivity index is 1.86. The van der Waals surface area contributed by atoms with Gasteiger partial charge in [-0.15, -0.1) is 0 Å². The summed E-state index contributed by atoms with van der Waals surface area (Å²) >= 11 is 0. The Kier molecular flexibility index (Phi) is 4.11. The molecule has 21 heavy (non-hydrogen) atoms. The van der Waals surface area contributed by atoms with Crippen LogP contribution in [0.1, 0.15) is 19.8 Å². The maximum Gasteiger partial charge on any atom is 0.319 e. The van der Waals surface area contributed by atoms with Gasteiger partial charge in [-0.3, -0.25) is 9.59 Å². The van der Waals surface area contributed by atoms with Gasteiger partial charge in [-0.25, -0.2) is 8.78 Å². The first kappa shape index (κ1) is 15.2. The first-order chi connectivity index (χ1) is 9.85. The molecule has 1 unspecified atom stereocenters. The van der Waals surface area contributed by atoms with Gasteiger partial charge in [-0.2, -0.15) is 0 Å². The van der Waals surface area contributed by atoms with Crippen LogP contribution < -0.4 is 10.1 Å². The van der Waals surface area contributed by atoms with E-state index in [1.54, 1.807) is 6.92 Å². The molecule has 0 aliphatic heterocycles. The molecule has 114 valence electrons. The number of carboxylic acid groups (broad SMARTS) is 1. The maximum atomic E-state index is 13.3. The lowest BCUT2D eigenvalue weighted by Crippen LogP contribution is -2.43. The van der Waals surface area contributed by atoms with Crippen molar-refractivity contribution in [3.05, 3.63) is 29.8 Å². The number of carboxylic acids is 1. The minimum atomic E-state index is -1.32. The van der Waals surface area contributed by atoms with Gasteiger partial charge >= 0.3 is 5.97 Å². The smallest absolute Gasteiger partial charge is 0.319 e. The zero-order chi connectivity index (χ0) is 15.6. The van der Waals surface area contributed by atoms with E-state index >= 15 is 0 Å². The van der Waals surface area contributed by atoms with E-state index < -0.39 is 35.0 Å². The topological polar surface area (TPSA) is 75.6 Å².